The first-order valence-corrected chi connectivity index (χ1v) is 5.36. The molecular formula is C11H14N4. The zero-order valence-corrected chi connectivity index (χ0v) is 8.72. The van der Waals surface area contributed by atoms with Gasteiger partial charge in [-0.3, -0.25) is 4.40 Å². The van der Waals surface area contributed by atoms with Gasteiger partial charge >= 0.3 is 0 Å². The second kappa shape index (κ2) is 3.31. The highest BCUT2D eigenvalue weighted by atomic mass is 15.3. The Morgan fingerprint density at radius 2 is 2.27 bits per heavy atom. The Labute approximate surface area is 88.3 Å². The van der Waals surface area contributed by atoms with Crippen LogP contribution < -0.4 is 5.32 Å². The van der Waals surface area contributed by atoms with Crippen LogP contribution in [-0.4, -0.2) is 27.7 Å². The number of hydrogen-bond donors (Lipinski definition) is 1. The van der Waals surface area contributed by atoms with Crippen LogP contribution >= 0.6 is 0 Å². The number of rotatable bonds is 1. The van der Waals surface area contributed by atoms with E-state index in [2.05, 4.69) is 26.8 Å². The number of pyridine rings is 1. The second-order valence-electron chi connectivity index (χ2n) is 4.23. The smallest absolute Gasteiger partial charge is 0.160 e. The number of nitrogens with one attached hydrogen (secondary N) is 1. The van der Waals surface area contributed by atoms with Crippen molar-refractivity contribution in [3.8, 4) is 0 Å². The Kier molecular flexibility index (Phi) is 1.95. The predicted molar refractivity (Wildman–Crippen MR) is 57.8 cm³/mol. The Morgan fingerprint density at radius 1 is 1.33 bits per heavy atom. The van der Waals surface area contributed by atoms with Crippen LogP contribution in [0.15, 0.2) is 24.4 Å². The third-order valence-electron chi connectivity index (χ3n) is 3.19. The molecule has 3 heterocycles. The van der Waals surface area contributed by atoms with E-state index in [9.17, 15) is 0 Å². The van der Waals surface area contributed by atoms with Gasteiger partial charge in [-0.2, -0.15) is 0 Å². The second-order valence-corrected chi connectivity index (χ2v) is 4.23. The van der Waals surface area contributed by atoms with Crippen LogP contribution in [0, 0.1) is 5.92 Å². The summed E-state index contributed by atoms with van der Waals surface area (Å²) in [6, 6.07) is 6.00. The Balaban J connectivity index is 2.10. The summed E-state index contributed by atoms with van der Waals surface area (Å²) < 4.78 is 2.09. The molecule has 1 fully saturated rings. The van der Waals surface area contributed by atoms with Gasteiger partial charge in [0.25, 0.3) is 0 Å². The zero-order valence-electron chi connectivity index (χ0n) is 8.72. The van der Waals surface area contributed by atoms with Crippen LogP contribution in [0.3, 0.4) is 0 Å². The lowest BCUT2D eigenvalue weighted by atomic mass is 9.97. The van der Waals surface area contributed by atoms with E-state index in [-0.39, 0.29) is 0 Å². The molecule has 1 N–H and O–H groups in total. The molecule has 1 aliphatic heterocycles. The van der Waals surface area contributed by atoms with Crippen LogP contribution in [0.5, 0.6) is 0 Å². The zero-order chi connectivity index (χ0) is 10.3. The van der Waals surface area contributed by atoms with Crippen LogP contribution in [0.4, 0.5) is 0 Å². The molecule has 0 bridgehead atoms. The summed E-state index contributed by atoms with van der Waals surface area (Å²) in [7, 11) is 0. The lowest BCUT2D eigenvalue weighted by Crippen LogP contribution is -2.11. The van der Waals surface area contributed by atoms with Crippen molar-refractivity contribution in [1.29, 1.82) is 0 Å². The molecule has 15 heavy (non-hydrogen) atoms. The van der Waals surface area contributed by atoms with E-state index in [1.165, 1.54) is 0 Å². The average Bonchev–Trinajstić information content (AvgIpc) is 2.83. The Bertz CT molecular complexity index is 476. The Hall–Kier alpha value is -1.42. The third kappa shape index (κ3) is 1.33. The van der Waals surface area contributed by atoms with Crippen LogP contribution in [0.1, 0.15) is 18.7 Å². The minimum Gasteiger partial charge on any atom is -0.316 e. The fourth-order valence-corrected chi connectivity index (χ4v) is 2.27. The lowest BCUT2D eigenvalue weighted by Gasteiger charge is -2.11. The number of nitrogens with zero attached hydrogens (tertiary/aromatic N) is 3. The monoisotopic (exact) mass is 202 g/mol. The summed E-state index contributed by atoms with van der Waals surface area (Å²) in [5, 5.41) is 11.9. The molecule has 2 atom stereocenters. The minimum atomic E-state index is 0.488. The summed E-state index contributed by atoms with van der Waals surface area (Å²) in [5.41, 5.74) is 0.937. The van der Waals surface area contributed by atoms with E-state index in [4.69, 9.17) is 0 Å². The van der Waals surface area contributed by atoms with Crippen LogP contribution in [-0.2, 0) is 0 Å². The molecule has 0 saturated carbocycles. The fraction of sp³-hybridized carbons (Fsp3) is 0.455. The molecule has 2 aromatic heterocycles. The van der Waals surface area contributed by atoms with Gasteiger partial charge in [0.15, 0.2) is 5.65 Å². The molecule has 0 radical (unpaired) electrons. The molecule has 0 aromatic carbocycles. The van der Waals surface area contributed by atoms with E-state index < -0.39 is 0 Å². The van der Waals surface area contributed by atoms with Crippen LogP contribution in [0.2, 0.25) is 0 Å². The van der Waals surface area contributed by atoms with Gasteiger partial charge < -0.3 is 5.32 Å². The minimum absolute atomic E-state index is 0.488. The fourth-order valence-electron chi connectivity index (χ4n) is 2.27. The molecular weight excluding hydrogens is 188 g/mol. The highest BCUT2D eigenvalue weighted by molar-refractivity contribution is 5.37. The SMILES string of the molecule is CC1CNCC1c1nnc2ccccn12. The first kappa shape index (κ1) is 8.85. The maximum Gasteiger partial charge on any atom is 0.160 e. The molecule has 1 aliphatic rings. The topological polar surface area (TPSA) is 42.2 Å². The molecule has 3 rings (SSSR count). The highest BCUT2D eigenvalue weighted by Gasteiger charge is 2.28. The maximum atomic E-state index is 4.30. The molecule has 0 amide bonds. The van der Waals surface area contributed by atoms with Crippen molar-refractivity contribution >= 4 is 5.65 Å². The molecule has 2 aromatic rings. The Morgan fingerprint density at radius 3 is 3.07 bits per heavy atom. The van der Waals surface area contributed by atoms with Crippen molar-refractivity contribution in [2.24, 2.45) is 5.92 Å². The van der Waals surface area contributed by atoms with Gasteiger partial charge in [-0.15, -0.1) is 10.2 Å². The average molecular weight is 202 g/mol. The quantitative estimate of drug-likeness (QED) is 0.751. The van der Waals surface area contributed by atoms with Gasteiger partial charge in [0, 0.05) is 18.7 Å². The molecule has 1 saturated heterocycles. The van der Waals surface area contributed by atoms with Gasteiger partial charge in [0.2, 0.25) is 0 Å². The first-order valence-electron chi connectivity index (χ1n) is 5.36. The van der Waals surface area contributed by atoms with E-state index in [0.717, 1.165) is 24.6 Å². The van der Waals surface area contributed by atoms with Crippen molar-refractivity contribution < 1.29 is 0 Å². The molecule has 0 spiro atoms. The van der Waals surface area contributed by atoms with Gasteiger partial charge in [-0.25, -0.2) is 0 Å². The van der Waals surface area contributed by atoms with Gasteiger partial charge in [-0.1, -0.05) is 13.0 Å². The number of aromatic nitrogens is 3. The summed E-state index contributed by atoms with van der Waals surface area (Å²) >= 11 is 0. The van der Waals surface area contributed by atoms with E-state index in [1.807, 2.05) is 24.4 Å². The third-order valence-corrected chi connectivity index (χ3v) is 3.19. The lowest BCUT2D eigenvalue weighted by molar-refractivity contribution is 0.541. The van der Waals surface area contributed by atoms with E-state index in [1.54, 1.807) is 0 Å². The molecule has 78 valence electrons. The summed E-state index contributed by atoms with van der Waals surface area (Å²) in [5.74, 6) is 2.21. The maximum absolute atomic E-state index is 4.30. The van der Waals surface area contributed by atoms with Crippen LogP contribution in [0.25, 0.3) is 5.65 Å². The molecule has 4 heteroatoms. The molecule has 4 nitrogen and oxygen atoms in total. The largest absolute Gasteiger partial charge is 0.316 e. The summed E-state index contributed by atoms with van der Waals surface area (Å²) in [6.45, 7) is 4.35. The van der Waals surface area contributed by atoms with Gasteiger partial charge in [0.1, 0.15) is 5.82 Å². The van der Waals surface area contributed by atoms with Gasteiger partial charge in [0.05, 0.1) is 0 Å². The molecule has 2 unspecified atom stereocenters. The highest BCUT2D eigenvalue weighted by Crippen LogP contribution is 2.26. The molecule has 0 aliphatic carbocycles. The van der Waals surface area contributed by atoms with Crippen molar-refractivity contribution in [2.45, 2.75) is 12.8 Å². The normalized spacial score (nSPS) is 26.2. The summed E-state index contributed by atoms with van der Waals surface area (Å²) in [4.78, 5) is 0. The predicted octanol–water partition coefficient (Wildman–Crippen LogP) is 1.05. The van der Waals surface area contributed by atoms with Crippen molar-refractivity contribution in [3.05, 3.63) is 30.2 Å². The van der Waals surface area contributed by atoms with Crippen molar-refractivity contribution in [3.63, 3.8) is 0 Å². The van der Waals surface area contributed by atoms with Crippen molar-refractivity contribution in [1.82, 2.24) is 19.9 Å². The number of fused-ring (bicyclic) bond motifs is 1. The van der Waals surface area contributed by atoms with Gasteiger partial charge in [-0.05, 0) is 24.6 Å². The van der Waals surface area contributed by atoms with Crippen molar-refractivity contribution in [2.75, 3.05) is 13.1 Å². The summed E-state index contributed by atoms with van der Waals surface area (Å²) in [6.07, 6.45) is 2.04. The van der Waals surface area contributed by atoms with E-state index in [0.29, 0.717) is 11.8 Å². The number of hydrogen-bond acceptors (Lipinski definition) is 3. The standard InChI is InChI=1S/C11H14N4/c1-8-6-12-7-9(8)11-14-13-10-4-2-3-5-15(10)11/h2-5,8-9,12H,6-7H2,1H3. The van der Waals surface area contributed by atoms with E-state index >= 15 is 0 Å². The first-order chi connectivity index (χ1) is 7.36.